The highest BCUT2D eigenvalue weighted by atomic mass is 35.5. The molecule has 0 aromatic carbocycles. The molecule has 0 nitrogen and oxygen atoms in total. The van der Waals surface area contributed by atoms with Crippen molar-refractivity contribution in [2.45, 2.75) is 56.7 Å². The van der Waals surface area contributed by atoms with Gasteiger partial charge < -0.3 is 0 Å². The molecule has 0 N–H and O–H groups in total. The Bertz CT molecular complexity index is 130. The maximum atomic E-state index is 6.06. The topological polar surface area (TPSA) is 0 Å². The number of hydrogen-bond donors (Lipinski definition) is 0. The molecule has 2 unspecified atom stereocenters. The Balaban J connectivity index is 3.34. The highest BCUT2D eigenvalue weighted by Crippen LogP contribution is 2.12. The van der Waals surface area contributed by atoms with Gasteiger partial charge in [-0.15, -0.1) is 23.2 Å². The van der Waals surface area contributed by atoms with Gasteiger partial charge >= 0.3 is 0 Å². The number of unbranched alkanes of at least 4 members (excludes halogenated alkanes) is 3. The highest BCUT2D eigenvalue weighted by molar-refractivity contribution is 6.22. The Labute approximate surface area is 92.3 Å². The SMILES string of the molecule is CCCCCCC(Cl)/C=C/C(C)Cl. The van der Waals surface area contributed by atoms with Gasteiger partial charge in [-0.1, -0.05) is 44.8 Å². The Hall–Kier alpha value is 0.320. The lowest BCUT2D eigenvalue weighted by Gasteiger charge is -2.03. The molecule has 0 fully saturated rings. The summed E-state index contributed by atoms with van der Waals surface area (Å²) in [7, 11) is 0. The summed E-state index contributed by atoms with van der Waals surface area (Å²) < 4.78 is 0. The summed E-state index contributed by atoms with van der Waals surface area (Å²) in [4.78, 5) is 0. The first kappa shape index (κ1) is 13.3. The molecule has 0 saturated carbocycles. The second-order valence-electron chi connectivity index (χ2n) is 3.43. The van der Waals surface area contributed by atoms with E-state index in [1.165, 1.54) is 25.7 Å². The van der Waals surface area contributed by atoms with Gasteiger partial charge in [-0.2, -0.15) is 0 Å². The number of allylic oxidation sites excluding steroid dienone is 2. The molecule has 0 aromatic rings. The van der Waals surface area contributed by atoms with Gasteiger partial charge in [-0.25, -0.2) is 0 Å². The van der Waals surface area contributed by atoms with Crippen LogP contribution in [-0.2, 0) is 0 Å². The fraction of sp³-hybridized carbons (Fsp3) is 0.818. The largest absolute Gasteiger partial charge is 0.119 e. The maximum absolute atomic E-state index is 6.06. The summed E-state index contributed by atoms with van der Waals surface area (Å²) in [6.45, 7) is 4.16. The van der Waals surface area contributed by atoms with Crippen molar-refractivity contribution < 1.29 is 0 Å². The van der Waals surface area contributed by atoms with Crippen molar-refractivity contribution in [1.82, 2.24) is 0 Å². The fourth-order valence-corrected chi connectivity index (χ4v) is 1.46. The number of rotatable bonds is 7. The van der Waals surface area contributed by atoms with Gasteiger partial charge in [0.2, 0.25) is 0 Å². The van der Waals surface area contributed by atoms with Crippen molar-refractivity contribution in [2.75, 3.05) is 0 Å². The van der Waals surface area contributed by atoms with Crippen LogP contribution in [-0.4, -0.2) is 10.8 Å². The van der Waals surface area contributed by atoms with Gasteiger partial charge in [0.25, 0.3) is 0 Å². The van der Waals surface area contributed by atoms with E-state index in [1.54, 1.807) is 0 Å². The molecule has 0 bridgehead atoms. The van der Waals surface area contributed by atoms with E-state index < -0.39 is 0 Å². The minimum Gasteiger partial charge on any atom is -0.119 e. The van der Waals surface area contributed by atoms with Crippen LogP contribution in [0.2, 0.25) is 0 Å². The average molecular weight is 223 g/mol. The smallest absolute Gasteiger partial charge is 0.0516 e. The summed E-state index contributed by atoms with van der Waals surface area (Å²) >= 11 is 11.8. The van der Waals surface area contributed by atoms with Crippen LogP contribution in [0, 0.1) is 0 Å². The summed E-state index contributed by atoms with van der Waals surface area (Å²) in [6.07, 6.45) is 10.2. The van der Waals surface area contributed by atoms with Gasteiger partial charge in [-0.3, -0.25) is 0 Å². The molecule has 0 aromatic heterocycles. The predicted octanol–water partition coefficient (Wildman–Crippen LogP) is 4.75. The average Bonchev–Trinajstić information content (AvgIpc) is 2.09. The van der Waals surface area contributed by atoms with E-state index in [9.17, 15) is 0 Å². The molecule has 0 spiro atoms. The van der Waals surface area contributed by atoms with Gasteiger partial charge in [0.1, 0.15) is 0 Å². The Morgan fingerprint density at radius 3 is 2.31 bits per heavy atom. The molecule has 0 rings (SSSR count). The maximum Gasteiger partial charge on any atom is 0.0516 e. The Kier molecular flexibility index (Phi) is 9.12. The van der Waals surface area contributed by atoms with E-state index in [2.05, 4.69) is 6.92 Å². The lowest BCUT2D eigenvalue weighted by molar-refractivity contribution is 0.639. The normalized spacial score (nSPS) is 16.3. The van der Waals surface area contributed by atoms with Crippen molar-refractivity contribution in [3.05, 3.63) is 12.2 Å². The van der Waals surface area contributed by atoms with Gasteiger partial charge in [0.15, 0.2) is 0 Å². The third kappa shape index (κ3) is 10.2. The Morgan fingerprint density at radius 2 is 1.77 bits per heavy atom. The molecule has 0 saturated heterocycles. The minimum atomic E-state index is 0.0943. The van der Waals surface area contributed by atoms with E-state index in [4.69, 9.17) is 23.2 Å². The molecule has 2 heteroatoms. The van der Waals surface area contributed by atoms with E-state index in [0.717, 1.165) is 6.42 Å². The first-order chi connectivity index (χ1) is 6.16. The first-order valence-electron chi connectivity index (χ1n) is 5.13. The monoisotopic (exact) mass is 222 g/mol. The van der Waals surface area contributed by atoms with Crippen LogP contribution in [0.25, 0.3) is 0 Å². The molecule has 78 valence electrons. The van der Waals surface area contributed by atoms with Crippen LogP contribution in [0.3, 0.4) is 0 Å². The van der Waals surface area contributed by atoms with Gasteiger partial charge in [-0.05, 0) is 13.3 Å². The molecule has 0 amide bonds. The van der Waals surface area contributed by atoms with Crippen molar-refractivity contribution in [3.8, 4) is 0 Å². The van der Waals surface area contributed by atoms with Crippen LogP contribution < -0.4 is 0 Å². The standard InChI is InChI=1S/C11H20Cl2/c1-3-4-5-6-7-11(13)9-8-10(2)12/h8-11H,3-7H2,1-2H3/b9-8+. The summed E-state index contributed by atoms with van der Waals surface area (Å²) in [5.74, 6) is 0. The molecule has 0 aliphatic rings. The van der Waals surface area contributed by atoms with Crippen LogP contribution in [0.4, 0.5) is 0 Å². The van der Waals surface area contributed by atoms with E-state index >= 15 is 0 Å². The lowest BCUT2D eigenvalue weighted by Crippen LogP contribution is -1.95. The molecular formula is C11H20Cl2. The molecular weight excluding hydrogens is 203 g/mol. The second kappa shape index (κ2) is 8.90. The molecule has 0 aliphatic heterocycles. The highest BCUT2D eigenvalue weighted by Gasteiger charge is 1.99. The number of halogens is 2. The Morgan fingerprint density at radius 1 is 1.08 bits per heavy atom. The first-order valence-corrected chi connectivity index (χ1v) is 6.00. The third-order valence-corrected chi connectivity index (χ3v) is 2.43. The van der Waals surface area contributed by atoms with Gasteiger partial charge in [0.05, 0.1) is 5.38 Å². The van der Waals surface area contributed by atoms with Crippen molar-refractivity contribution in [3.63, 3.8) is 0 Å². The predicted molar refractivity (Wildman–Crippen MR) is 62.9 cm³/mol. The number of hydrogen-bond acceptors (Lipinski definition) is 0. The van der Waals surface area contributed by atoms with Crippen molar-refractivity contribution in [1.29, 1.82) is 0 Å². The zero-order valence-corrected chi connectivity index (χ0v) is 10.1. The molecule has 2 atom stereocenters. The molecule has 13 heavy (non-hydrogen) atoms. The quantitative estimate of drug-likeness (QED) is 0.332. The van der Waals surface area contributed by atoms with Crippen LogP contribution >= 0.6 is 23.2 Å². The van der Waals surface area contributed by atoms with E-state index in [0.29, 0.717) is 0 Å². The summed E-state index contributed by atoms with van der Waals surface area (Å²) in [5, 5.41) is 0.259. The second-order valence-corrected chi connectivity index (χ2v) is 4.68. The van der Waals surface area contributed by atoms with Crippen LogP contribution in [0.5, 0.6) is 0 Å². The van der Waals surface area contributed by atoms with Crippen LogP contribution in [0.1, 0.15) is 46.0 Å². The van der Waals surface area contributed by atoms with Crippen molar-refractivity contribution in [2.24, 2.45) is 0 Å². The molecule has 0 aliphatic carbocycles. The van der Waals surface area contributed by atoms with Crippen LogP contribution in [0.15, 0.2) is 12.2 Å². The molecule has 0 radical (unpaired) electrons. The number of alkyl halides is 2. The lowest BCUT2D eigenvalue weighted by atomic mass is 10.1. The van der Waals surface area contributed by atoms with E-state index in [-0.39, 0.29) is 10.8 Å². The zero-order valence-electron chi connectivity index (χ0n) is 8.60. The van der Waals surface area contributed by atoms with Crippen molar-refractivity contribution >= 4 is 23.2 Å². The van der Waals surface area contributed by atoms with E-state index in [1.807, 2.05) is 19.1 Å². The summed E-state index contributed by atoms with van der Waals surface area (Å²) in [5.41, 5.74) is 0. The zero-order chi connectivity index (χ0) is 10.1. The fourth-order valence-electron chi connectivity index (χ4n) is 1.14. The molecule has 0 heterocycles. The summed E-state index contributed by atoms with van der Waals surface area (Å²) in [6, 6.07) is 0. The van der Waals surface area contributed by atoms with Gasteiger partial charge in [0, 0.05) is 5.38 Å². The third-order valence-electron chi connectivity index (χ3n) is 1.92. The minimum absolute atomic E-state index is 0.0943.